The third-order valence-corrected chi connectivity index (χ3v) is 4.36. The second-order valence-corrected chi connectivity index (χ2v) is 7.27. The molecule has 1 unspecified atom stereocenters. The predicted octanol–water partition coefficient (Wildman–Crippen LogP) is 2.34. The molecular formula is C18H20BrN5O3. The summed E-state index contributed by atoms with van der Waals surface area (Å²) in [7, 11) is 1.52. The van der Waals surface area contributed by atoms with E-state index >= 15 is 0 Å². The van der Waals surface area contributed by atoms with Gasteiger partial charge in [0.1, 0.15) is 18.5 Å². The number of rotatable bonds is 5. The number of methoxy groups -OCH3 is 1. The molecule has 8 nitrogen and oxygen atoms in total. The summed E-state index contributed by atoms with van der Waals surface area (Å²) in [6, 6.07) is 6.92. The fourth-order valence-electron chi connectivity index (χ4n) is 2.81. The molecule has 3 heterocycles. The number of fused-ring (bicyclic) bond motifs is 1. The molecule has 0 spiro atoms. The molecule has 0 aromatic carbocycles. The zero-order valence-corrected chi connectivity index (χ0v) is 16.8. The van der Waals surface area contributed by atoms with Gasteiger partial charge in [-0.25, -0.2) is 9.97 Å². The average Bonchev–Trinajstić information content (AvgIpc) is 2.63. The quantitative estimate of drug-likeness (QED) is 0.750. The van der Waals surface area contributed by atoms with Gasteiger partial charge in [-0.15, -0.1) is 0 Å². The van der Waals surface area contributed by atoms with Gasteiger partial charge in [0.05, 0.1) is 18.4 Å². The van der Waals surface area contributed by atoms with E-state index in [2.05, 4.69) is 36.5 Å². The number of pyridine rings is 2. The number of nitrogens with one attached hydrogen (secondary N) is 2. The van der Waals surface area contributed by atoms with Gasteiger partial charge in [-0.2, -0.15) is 0 Å². The zero-order chi connectivity index (χ0) is 19.6. The fraction of sp³-hybridized carbons (Fsp3) is 0.333. The summed E-state index contributed by atoms with van der Waals surface area (Å²) >= 11 is 3.33. The van der Waals surface area contributed by atoms with Crippen LogP contribution in [-0.2, 0) is 4.79 Å². The summed E-state index contributed by atoms with van der Waals surface area (Å²) in [5.74, 6) is 0.312. The van der Waals surface area contributed by atoms with E-state index in [0.29, 0.717) is 27.4 Å². The Bertz CT molecular complexity index is 874. The molecule has 0 fully saturated rings. The van der Waals surface area contributed by atoms with Crippen molar-refractivity contribution in [1.82, 2.24) is 20.2 Å². The van der Waals surface area contributed by atoms with Crippen molar-refractivity contribution in [3.05, 3.63) is 46.2 Å². The zero-order valence-electron chi connectivity index (χ0n) is 15.2. The van der Waals surface area contributed by atoms with Gasteiger partial charge >= 0.3 is 0 Å². The van der Waals surface area contributed by atoms with Gasteiger partial charge in [-0.05, 0) is 41.9 Å². The molecule has 27 heavy (non-hydrogen) atoms. The maximum atomic E-state index is 13.1. The summed E-state index contributed by atoms with van der Waals surface area (Å²) in [4.78, 5) is 35.6. The van der Waals surface area contributed by atoms with Crippen LogP contribution in [0.4, 0.5) is 5.82 Å². The second-order valence-electron chi connectivity index (χ2n) is 6.36. The number of halogens is 1. The topological polar surface area (TPSA) is 96.5 Å². The van der Waals surface area contributed by atoms with E-state index in [0.717, 1.165) is 0 Å². The van der Waals surface area contributed by atoms with Crippen LogP contribution in [0.5, 0.6) is 5.88 Å². The highest BCUT2D eigenvalue weighted by Crippen LogP contribution is 2.32. The van der Waals surface area contributed by atoms with E-state index in [4.69, 9.17) is 4.74 Å². The molecule has 1 aliphatic heterocycles. The van der Waals surface area contributed by atoms with Gasteiger partial charge in [-0.3, -0.25) is 9.59 Å². The number of aromatic nitrogens is 2. The van der Waals surface area contributed by atoms with E-state index in [1.165, 1.54) is 12.0 Å². The van der Waals surface area contributed by atoms with Gasteiger partial charge in [0, 0.05) is 22.8 Å². The molecule has 0 aliphatic carbocycles. The molecule has 9 heteroatoms. The number of carbonyl (C=O) groups is 2. The Morgan fingerprint density at radius 3 is 2.93 bits per heavy atom. The smallest absolute Gasteiger partial charge is 0.260 e. The van der Waals surface area contributed by atoms with E-state index in [-0.39, 0.29) is 24.4 Å². The highest BCUT2D eigenvalue weighted by Gasteiger charge is 2.36. The Hall–Kier alpha value is -2.68. The van der Waals surface area contributed by atoms with Crippen LogP contribution in [0, 0.1) is 0 Å². The lowest BCUT2D eigenvalue weighted by Gasteiger charge is -2.36. The molecule has 0 bridgehead atoms. The van der Waals surface area contributed by atoms with E-state index in [9.17, 15) is 9.59 Å². The molecule has 142 valence electrons. The fourth-order valence-corrected chi connectivity index (χ4v) is 3.14. The molecule has 2 aromatic heterocycles. The van der Waals surface area contributed by atoms with Gasteiger partial charge in [0.2, 0.25) is 11.8 Å². The summed E-state index contributed by atoms with van der Waals surface area (Å²) in [5.41, 5.74) is 0.941. The van der Waals surface area contributed by atoms with Gasteiger partial charge in [0.15, 0.2) is 0 Å². The van der Waals surface area contributed by atoms with Crippen LogP contribution in [0.3, 0.4) is 0 Å². The number of anilines is 1. The van der Waals surface area contributed by atoms with Crippen molar-refractivity contribution < 1.29 is 14.3 Å². The van der Waals surface area contributed by atoms with Crippen LogP contribution in [0.15, 0.2) is 34.9 Å². The maximum Gasteiger partial charge on any atom is 0.260 e. The van der Waals surface area contributed by atoms with Crippen LogP contribution < -0.4 is 15.4 Å². The van der Waals surface area contributed by atoms with Crippen molar-refractivity contribution in [2.75, 3.05) is 19.0 Å². The lowest BCUT2D eigenvalue weighted by molar-refractivity contribution is -0.122. The largest absolute Gasteiger partial charge is 0.481 e. The minimum Gasteiger partial charge on any atom is -0.481 e. The Morgan fingerprint density at radius 1 is 1.44 bits per heavy atom. The summed E-state index contributed by atoms with van der Waals surface area (Å²) in [5, 5.41) is 6.02. The number of carbonyl (C=O) groups excluding carboxylic acids is 2. The van der Waals surface area contributed by atoms with Gasteiger partial charge in [0.25, 0.3) is 5.91 Å². The first-order valence-electron chi connectivity index (χ1n) is 8.42. The number of ether oxygens (including phenoxy) is 1. The van der Waals surface area contributed by atoms with Gasteiger partial charge in [-0.1, -0.05) is 6.07 Å². The summed E-state index contributed by atoms with van der Waals surface area (Å²) in [6.45, 7) is 3.62. The third kappa shape index (κ3) is 4.19. The van der Waals surface area contributed by atoms with Crippen molar-refractivity contribution in [1.29, 1.82) is 0 Å². The van der Waals surface area contributed by atoms with Crippen molar-refractivity contribution in [2.45, 2.75) is 26.1 Å². The maximum absolute atomic E-state index is 13.1. The standard InChI is InChI=1S/C18H20BrN5O3/c1-10(2)21-14(25)9-24-17(13-5-4-6-15(22-13)27-3)23-16-12(18(24)26)7-11(19)8-20-16/h4-8,10,17H,9H2,1-3H3,(H,20,23)(H,21,25). The molecule has 2 amide bonds. The van der Waals surface area contributed by atoms with Crippen LogP contribution in [0.1, 0.15) is 36.1 Å². The average molecular weight is 434 g/mol. The van der Waals surface area contributed by atoms with Crippen LogP contribution in [-0.4, -0.2) is 46.4 Å². The first kappa shape index (κ1) is 19.1. The molecule has 1 aliphatic rings. The molecule has 1 atom stereocenters. The van der Waals surface area contributed by atoms with Crippen molar-refractivity contribution in [3.63, 3.8) is 0 Å². The molecule has 2 N–H and O–H groups in total. The Kier molecular flexibility index (Phi) is 5.59. The van der Waals surface area contributed by atoms with Gasteiger partial charge < -0.3 is 20.3 Å². The molecule has 2 aromatic rings. The lowest BCUT2D eigenvalue weighted by atomic mass is 10.1. The summed E-state index contributed by atoms with van der Waals surface area (Å²) in [6.07, 6.45) is 0.961. The first-order valence-corrected chi connectivity index (χ1v) is 9.21. The summed E-state index contributed by atoms with van der Waals surface area (Å²) < 4.78 is 5.86. The highest BCUT2D eigenvalue weighted by atomic mass is 79.9. The molecule has 0 saturated carbocycles. The first-order chi connectivity index (χ1) is 12.9. The van der Waals surface area contributed by atoms with Crippen molar-refractivity contribution in [2.24, 2.45) is 0 Å². The second kappa shape index (κ2) is 7.91. The minimum absolute atomic E-state index is 0.0261. The number of nitrogens with zero attached hydrogens (tertiary/aromatic N) is 3. The molecule has 0 saturated heterocycles. The third-order valence-electron chi connectivity index (χ3n) is 3.93. The highest BCUT2D eigenvalue weighted by molar-refractivity contribution is 9.10. The molecule has 0 radical (unpaired) electrons. The normalized spacial score (nSPS) is 16.0. The molecular weight excluding hydrogens is 414 g/mol. The Labute approximate surface area is 165 Å². The Balaban J connectivity index is 2.00. The Morgan fingerprint density at radius 2 is 2.22 bits per heavy atom. The van der Waals surface area contributed by atoms with Crippen molar-refractivity contribution >= 4 is 33.6 Å². The number of hydrogen-bond donors (Lipinski definition) is 2. The number of hydrogen-bond acceptors (Lipinski definition) is 6. The SMILES string of the molecule is COc1cccc(C2Nc3ncc(Br)cc3C(=O)N2CC(=O)NC(C)C)n1. The van der Waals surface area contributed by atoms with Crippen LogP contribution >= 0.6 is 15.9 Å². The van der Waals surface area contributed by atoms with Crippen molar-refractivity contribution in [3.8, 4) is 5.88 Å². The number of amides is 2. The predicted molar refractivity (Wildman–Crippen MR) is 103 cm³/mol. The minimum atomic E-state index is -0.647. The van der Waals surface area contributed by atoms with E-state index in [1.54, 1.807) is 30.5 Å². The molecule has 3 rings (SSSR count). The van der Waals surface area contributed by atoms with E-state index < -0.39 is 6.17 Å². The van der Waals surface area contributed by atoms with Crippen LogP contribution in [0.2, 0.25) is 0 Å². The lowest BCUT2D eigenvalue weighted by Crippen LogP contribution is -2.49. The van der Waals surface area contributed by atoms with Crippen LogP contribution in [0.25, 0.3) is 0 Å². The monoisotopic (exact) mass is 433 g/mol. The van der Waals surface area contributed by atoms with E-state index in [1.807, 2.05) is 13.8 Å².